The van der Waals surface area contributed by atoms with E-state index in [2.05, 4.69) is 15.3 Å². The minimum atomic E-state index is -0.457. The van der Waals surface area contributed by atoms with E-state index in [9.17, 15) is 19.5 Å². The quantitative estimate of drug-likeness (QED) is 0.389. The van der Waals surface area contributed by atoms with Crippen molar-refractivity contribution in [2.45, 2.75) is 18.5 Å². The number of aromatic hydroxyl groups is 1. The third-order valence-corrected chi connectivity index (χ3v) is 3.83. The predicted molar refractivity (Wildman–Crippen MR) is 92.9 cm³/mol. The molecular formula is C16H17N3O5S. The Morgan fingerprint density at radius 2 is 2.04 bits per heavy atom. The predicted octanol–water partition coefficient (Wildman–Crippen LogP) is 1.77. The number of benzene rings is 1. The smallest absolute Gasteiger partial charge is 0.338 e. The number of aromatic nitrogens is 2. The lowest BCUT2D eigenvalue weighted by atomic mass is 10.2. The SMILES string of the molecule is CCOC(=O)c1ccc(NC(=O)CCSc2nc(O)cc(=O)[nH]2)cc1. The molecule has 3 N–H and O–H groups in total. The Kier molecular flexibility index (Phi) is 6.58. The molecule has 1 aromatic heterocycles. The summed E-state index contributed by atoms with van der Waals surface area (Å²) in [6, 6.07) is 7.35. The van der Waals surface area contributed by atoms with Crippen molar-refractivity contribution in [3.63, 3.8) is 0 Å². The lowest BCUT2D eigenvalue weighted by Gasteiger charge is -2.06. The van der Waals surface area contributed by atoms with Crippen molar-refractivity contribution < 1.29 is 19.4 Å². The second kappa shape index (κ2) is 8.88. The van der Waals surface area contributed by atoms with E-state index >= 15 is 0 Å². The van der Waals surface area contributed by atoms with Gasteiger partial charge in [-0.2, -0.15) is 4.98 Å². The molecule has 0 saturated carbocycles. The number of carbonyl (C=O) groups excluding carboxylic acids is 2. The fourth-order valence-corrected chi connectivity index (χ4v) is 2.67. The molecule has 0 aliphatic rings. The number of thioether (sulfide) groups is 1. The molecule has 0 radical (unpaired) electrons. The van der Waals surface area contributed by atoms with Crippen molar-refractivity contribution in [1.82, 2.24) is 9.97 Å². The van der Waals surface area contributed by atoms with E-state index in [-0.39, 0.29) is 23.4 Å². The van der Waals surface area contributed by atoms with Gasteiger partial charge in [0.25, 0.3) is 5.56 Å². The van der Waals surface area contributed by atoms with Crippen LogP contribution in [0, 0.1) is 0 Å². The Morgan fingerprint density at radius 3 is 2.68 bits per heavy atom. The van der Waals surface area contributed by atoms with Crippen LogP contribution in [0.4, 0.5) is 5.69 Å². The van der Waals surface area contributed by atoms with Crippen LogP contribution < -0.4 is 10.9 Å². The average molecular weight is 363 g/mol. The summed E-state index contributed by atoms with van der Waals surface area (Å²) in [5.41, 5.74) is 0.516. The molecule has 2 aromatic rings. The van der Waals surface area contributed by atoms with Crippen LogP contribution in [-0.4, -0.2) is 39.3 Å². The van der Waals surface area contributed by atoms with Gasteiger partial charge in [-0.3, -0.25) is 9.59 Å². The van der Waals surface area contributed by atoms with E-state index in [1.807, 2.05) is 0 Å². The Bertz CT molecular complexity index is 804. The highest BCUT2D eigenvalue weighted by Crippen LogP contribution is 2.15. The van der Waals surface area contributed by atoms with Crippen molar-refractivity contribution in [2.24, 2.45) is 0 Å². The molecule has 1 aromatic carbocycles. The number of hydrogen-bond donors (Lipinski definition) is 3. The van der Waals surface area contributed by atoms with Crippen molar-refractivity contribution in [1.29, 1.82) is 0 Å². The average Bonchev–Trinajstić information content (AvgIpc) is 2.55. The zero-order chi connectivity index (χ0) is 18.2. The Balaban J connectivity index is 1.81. The van der Waals surface area contributed by atoms with Gasteiger partial charge in [0.05, 0.1) is 18.2 Å². The second-order valence-electron chi connectivity index (χ2n) is 4.85. The van der Waals surface area contributed by atoms with Gasteiger partial charge in [-0.25, -0.2) is 4.79 Å². The van der Waals surface area contributed by atoms with Gasteiger partial charge in [0.2, 0.25) is 11.8 Å². The van der Waals surface area contributed by atoms with Crippen LogP contribution in [0.2, 0.25) is 0 Å². The Hall–Kier alpha value is -2.81. The molecule has 0 saturated heterocycles. The Labute approximate surface area is 147 Å². The van der Waals surface area contributed by atoms with E-state index < -0.39 is 11.5 Å². The molecule has 0 spiro atoms. The van der Waals surface area contributed by atoms with Gasteiger partial charge in [-0.15, -0.1) is 0 Å². The van der Waals surface area contributed by atoms with Gasteiger partial charge in [0.1, 0.15) is 0 Å². The highest BCUT2D eigenvalue weighted by atomic mass is 32.2. The summed E-state index contributed by atoms with van der Waals surface area (Å²) in [6.07, 6.45) is 0.184. The topological polar surface area (TPSA) is 121 Å². The maximum atomic E-state index is 11.9. The minimum absolute atomic E-state index is 0.184. The summed E-state index contributed by atoms with van der Waals surface area (Å²) >= 11 is 1.15. The van der Waals surface area contributed by atoms with Crippen LogP contribution in [0.3, 0.4) is 0 Å². The van der Waals surface area contributed by atoms with Gasteiger partial charge in [-0.05, 0) is 31.2 Å². The van der Waals surface area contributed by atoms with Crippen LogP contribution in [0.15, 0.2) is 40.3 Å². The highest BCUT2D eigenvalue weighted by Gasteiger charge is 2.08. The number of carbonyl (C=O) groups is 2. The van der Waals surface area contributed by atoms with Gasteiger partial charge in [0, 0.05) is 17.9 Å². The van der Waals surface area contributed by atoms with Crippen molar-refractivity contribution in [2.75, 3.05) is 17.7 Å². The van der Waals surface area contributed by atoms with E-state index in [1.54, 1.807) is 31.2 Å². The lowest BCUT2D eigenvalue weighted by Crippen LogP contribution is -2.13. The van der Waals surface area contributed by atoms with Gasteiger partial charge in [-0.1, -0.05) is 11.8 Å². The maximum Gasteiger partial charge on any atom is 0.338 e. The summed E-state index contributed by atoms with van der Waals surface area (Å²) in [5, 5.41) is 12.2. The van der Waals surface area contributed by atoms with E-state index in [0.717, 1.165) is 17.8 Å². The molecule has 25 heavy (non-hydrogen) atoms. The molecule has 2 rings (SSSR count). The molecule has 9 heteroatoms. The molecule has 8 nitrogen and oxygen atoms in total. The Morgan fingerprint density at radius 1 is 1.32 bits per heavy atom. The summed E-state index contributed by atoms with van der Waals surface area (Å²) in [5.74, 6) is -0.625. The summed E-state index contributed by atoms with van der Waals surface area (Å²) < 4.78 is 4.88. The number of nitrogens with one attached hydrogen (secondary N) is 2. The molecule has 132 valence electrons. The van der Waals surface area contributed by atoms with Gasteiger partial charge < -0.3 is 20.1 Å². The number of H-pyrrole nitrogens is 1. The molecule has 0 aliphatic heterocycles. The first-order valence-electron chi connectivity index (χ1n) is 7.48. The van der Waals surface area contributed by atoms with Crippen LogP contribution in [0.1, 0.15) is 23.7 Å². The third kappa shape index (κ3) is 5.96. The van der Waals surface area contributed by atoms with Crippen molar-refractivity contribution >= 4 is 29.3 Å². The summed E-state index contributed by atoms with van der Waals surface area (Å²) in [6.45, 7) is 2.03. The lowest BCUT2D eigenvalue weighted by molar-refractivity contribution is -0.115. The standard InChI is InChI=1S/C16H17N3O5S/c1-2-24-15(23)10-3-5-11(6-4-10)17-12(20)7-8-25-16-18-13(21)9-14(22)19-16/h3-6,9H,2,7-8H2,1H3,(H,17,20)(H2,18,19,21,22). The zero-order valence-electron chi connectivity index (χ0n) is 13.4. The highest BCUT2D eigenvalue weighted by molar-refractivity contribution is 7.99. The number of ether oxygens (including phenoxy) is 1. The van der Waals surface area contributed by atoms with Crippen molar-refractivity contribution in [3.8, 4) is 5.88 Å². The van der Waals surface area contributed by atoms with Gasteiger partial charge in [0.15, 0.2) is 5.16 Å². The normalized spacial score (nSPS) is 10.3. The number of amides is 1. The molecule has 1 heterocycles. The largest absolute Gasteiger partial charge is 0.493 e. The first-order chi connectivity index (χ1) is 12.0. The first kappa shape index (κ1) is 18.5. The van der Waals surface area contributed by atoms with E-state index in [0.29, 0.717) is 23.6 Å². The molecule has 1 amide bonds. The molecule has 0 aliphatic carbocycles. The third-order valence-electron chi connectivity index (χ3n) is 2.95. The number of nitrogens with zero attached hydrogens (tertiary/aromatic N) is 1. The van der Waals surface area contributed by atoms with Crippen LogP contribution in [0.25, 0.3) is 0 Å². The maximum absolute atomic E-state index is 11.9. The van der Waals surface area contributed by atoms with Crippen LogP contribution >= 0.6 is 11.8 Å². The fraction of sp³-hybridized carbons (Fsp3) is 0.250. The molecular weight excluding hydrogens is 346 g/mol. The minimum Gasteiger partial charge on any atom is -0.493 e. The molecule has 0 fully saturated rings. The van der Waals surface area contributed by atoms with Gasteiger partial charge >= 0.3 is 5.97 Å². The number of anilines is 1. The zero-order valence-corrected chi connectivity index (χ0v) is 14.3. The number of rotatable bonds is 7. The summed E-state index contributed by atoms with van der Waals surface area (Å²) in [7, 11) is 0. The fourth-order valence-electron chi connectivity index (χ4n) is 1.86. The van der Waals surface area contributed by atoms with E-state index in [1.165, 1.54) is 0 Å². The number of esters is 1. The monoisotopic (exact) mass is 363 g/mol. The number of hydrogen-bond acceptors (Lipinski definition) is 7. The van der Waals surface area contributed by atoms with Crippen molar-refractivity contribution in [3.05, 3.63) is 46.2 Å². The molecule has 0 unspecified atom stereocenters. The van der Waals surface area contributed by atoms with Crippen LogP contribution in [0.5, 0.6) is 5.88 Å². The second-order valence-corrected chi connectivity index (χ2v) is 5.94. The van der Waals surface area contributed by atoms with E-state index in [4.69, 9.17) is 4.74 Å². The summed E-state index contributed by atoms with van der Waals surface area (Å²) in [4.78, 5) is 40.8. The first-order valence-corrected chi connectivity index (χ1v) is 8.46. The molecule has 0 bridgehead atoms. The molecule has 0 atom stereocenters. The van der Waals surface area contributed by atoms with Crippen LogP contribution in [-0.2, 0) is 9.53 Å². The number of aromatic amines is 1.